The normalized spacial score (nSPS) is 30.4. The van der Waals surface area contributed by atoms with Crippen LogP contribution in [0, 0.1) is 24.6 Å². The summed E-state index contributed by atoms with van der Waals surface area (Å²) in [4.78, 5) is 21.2. The molecule has 4 saturated carbocycles. The minimum Gasteiger partial charge on any atom is -0.420 e. The van der Waals surface area contributed by atoms with Crippen molar-refractivity contribution >= 4 is 5.91 Å². The largest absolute Gasteiger partial charge is 0.420 e. The first-order valence-electron chi connectivity index (χ1n) is 11.1. The standard InChI is InChI=1S/C24H24FN5O2/c1-14-2-3-17(11-26-14)21-29-30-22(32-21)23-7-15-6-16(8-23)10-24(9-15,13-23)28-20(31)19-5-4-18(25)12-27-19/h2-5,11-12,15-16H,6-10,13H2,1H3,(H,28,31). The fraction of sp³-hybridized carbons (Fsp3) is 0.458. The summed E-state index contributed by atoms with van der Waals surface area (Å²) in [6, 6.07) is 6.57. The number of amides is 1. The zero-order valence-electron chi connectivity index (χ0n) is 17.8. The number of halogens is 1. The number of nitrogens with one attached hydrogen (secondary N) is 1. The van der Waals surface area contributed by atoms with Crippen molar-refractivity contribution in [2.24, 2.45) is 11.8 Å². The van der Waals surface area contributed by atoms with Crippen molar-refractivity contribution in [2.45, 2.75) is 56.4 Å². The molecular formula is C24H24FN5O2. The SMILES string of the molecule is Cc1ccc(-c2nnc(C34CC5CC(CC(NC(=O)c6ccc(F)cn6)(C5)C3)C4)o2)cn1. The lowest BCUT2D eigenvalue weighted by molar-refractivity contribution is -0.0471. The average Bonchev–Trinajstić information content (AvgIpc) is 3.25. The van der Waals surface area contributed by atoms with Gasteiger partial charge in [0.15, 0.2) is 0 Å². The van der Waals surface area contributed by atoms with Gasteiger partial charge in [0.05, 0.1) is 17.2 Å². The Morgan fingerprint density at radius 3 is 2.56 bits per heavy atom. The number of aromatic nitrogens is 4. The van der Waals surface area contributed by atoms with Crippen molar-refractivity contribution in [3.05, 3.63) is 59.8 Å². The number of carbonyl (C=O) groups excluding carboxylic acids is 1. The summed E-state index contributed by atoms with van der Waals surface area (Å²) in [5.41, 5.74) is 1.43. The fourth-order valence-corrected chi connectivity index (χ4v) is 6.62. The van der Waals surface area contributed by atoms with Gasteiger partial charge in [0.1, 0.15) is 11.5 Å². The second-order valence-corrected chi connectivity index (χ2v) is 9.94. The van der Waals surface area contributed by atoms with Gasteiger partial charge in [-0.05, 0) is 81.5 Å². The minimum absolute atomic E-state index is 0.225. The molecule has 0 aromatic carbocycles. The van der Waals surface area contributed by atoms with Gasteiger partial charge in [-0.3, -0.25) is 9.78 Å². The van der Waals surface area contributed by atoms with Gasteiger partial charge in [-0.2, -0.15) is 0 Å². The molecule has 4 bridgehead atoms. The number of nitrogens with zero attached hydrogens (tertiary/aromatic N) is 4. The van der Waals surface area contributed by atoms with Crippen molar-refractivity contribution in [1.29, 1.82) is 0 Å². The molecule has 3 aromatic heterocycles. The zero-order chi connectivity index (χ0) is 21.9. The Morgan fingerprint density at radius 1 is 1.06 bits per heavy atom. The molecular weight excluding hydrogens is 409 g/mol. The van der Waals surface area contributed by atoms with Gasteiger partial charge in [0, 0.05) is 17.4 Å². The van der Waals surface area contributed by atoms with Gasteiger partial charge in [0.25, 0.3) is 5.91 Å². The van der Waals surface area contributed by atoms with E-state index in [1.807, 2.05) is 19.1 Å². The zero-order valence-corrected chi connectivity index (χ0v) is 17.8. The summed E-state index contributed by atoms with van der Waals surface area (Å²) >= 11 is 0. The second kappa shape index (κ2) is 6.92. The summed E-state index contributed by atoms with van der Waals surface area (Å²) in [5, 5.41) is 12.1. The molecule has 2 atom stereocenters. The molecule has 7 rings (SSSR count). The van der Waals surface area contributed by atoms with Crippen molar-refractivity contribution in [3.8, 4) is 11.5 Å². The summed E-state index contributed by atoms with van der Waals surface area (Å²) in [6.07, 6.45) is 8.68. The lowest BCUT2D eigenvalue weighted by Gasteiger charge is -2.60. The Kier molecular flexibility index (Phi) is 4.22. The molecule has 4 aliphatic rings. The molecule has 0 aliphatic heterocycles. The molecule has 4 aliphatic carbocycles. The Balaban J connectivity index is 1.30. The number of carbonyl (C=O) groups is 1. The van der Waals surface area contributed by atoms with E-state index >= 15 is 0 Å². The highest BCUT2D eigenvalue weighted by atomic mass is 19.1. The van der Waals surface area contributed by atoms with Crippen LogP contribution in [-0.4, -0.2) is 31.6 Å². The molecule has 8 heteroatoms. The van der Waals surface area contributed by atoms with Gasteiger partial charge in [0.2, 0.25) is 11.8 Å². The molecule has 0 saturated heterocycles. The number of rotatable bonds is 4. The third-order valence-corrected chi connectivity index (χ3v) is 7.44. The summed E-state index contributed by atoms with van der Waals surface area (Å²) in [5.74, 6) is 1.46. The number of pyridine rings is 2. The molecule has 1 N–H and O–H groups in total. The summed E-state index contributed by atoms with van der Waals surface area (Å²) in [7, 11) is 0. The molecule has 32 heavy (non-hydrogen) atoms. The second-order valence-electron chi connectivity index (χ2n) is 9.94. The van der Waals surface area contributed by atoms with Crippen molar-refractivity contribution in [3.63, 3.8) is 0 Å². The molecule has 3 aromatic rings. The third-order valence-electron chi connectivity index (χ3n) is 7.44. The van der Waals surface area contributed by atoms with E-state index in [9.17, 15) is 9.18 Å². The quantitative estimate of drug-likeness (QED) is 0.669. The van der Waals surface area contributed by atoms with Crippen LogP contribution in [0.2, 0.25) is 0 Å². The highest BCUT2D eigenvalue weighted by molar-refractivity contribution is 5.92. The van der Waals surface area contributed by atoms with Crippen LogP contribution in [0.5, 0.6) is 0 Å². The highest BCUT2D eigenvalue weighted by Gasteiger charge is 2.60. The predicted molar refractivity (Wildman–Crippen MR) is 113 cm³/mol. The minimum atomic E-state index is -0.453. The maximum atomic E-state index is 13.2. The Hall–Kier alpha value is -3.16. The van der Waals surface area contributed by atoms with E-state index in [0.29, 0.717) is 23.6 Å². The van der Waals surface area contributed by atoms with Gasteiger partial charge >= 0.3 is 0 Å². The first kappa shape index (κ1) is 19.5. The van der Waals surface area contributed by atoms with Gasteiger partial charge in [-0.1, -0.05) is 0 Å². The van der Waals surface area contributed by atoms with Crippen LogP contribution in [-0.2, 0) is 5.41 Å². The molecule has 164 valence electrons. The Labute approximate surface area is 184 Å². The Morgan fingerprint density at radius 2 is 1.88 bits per heavy atom. The number of aryl methyl sites for hydroxylation is 1. The molecule has 2 unspecified atom stereocenters. The molecule has 7 nitrogen and oxygen atoms in total. The highest BCUT2D eigenvalue weighted by Crippen LogP contribution is 2.62. The van der Waals surface area contributed by atoms with Crippen molar-refractivity contribution < 1.29 is 13.6 Å². The first-order valence-corrected chi connectivity index (χ1v) is 11.1. The van der Waals surface area contributed by atoms with Crippen LogP contribution in [0.15, 0.2) is 41.1 Å². The fourth-order valence-electron chi connectivity index (χ4n) is 6.62. The topological polar surface area (TPSA) is 93.8 Å². The summed E-state index contributed by atoms with van der Waals surface area (Å²) in [6.45, 7) is 1.94. The number of hydrogen-bond donors (Lipinski definition) is 1. The van der Waals surface area contributed by atoms with Gasteiger partial charge < -0.3 is 9.73 Å². The Bertz CT molecular complexity index is 1160. The van der Waals surface area contributed by atoms with Crippen LogP contribution in [0.4, 0.5) is 4.39 Å². The smallest absolute Gasteiger partial charge is 0.270 e. The maximum Gasteiger partial charge on any atom is 0.270 e. The predicted octanol–water partition coefficient (Wildman–Crippen LogP) is 3.99. The van der Waals surface area contributed by atoms with Gasteiger partial charge in [-0.25, -0.2) is 9.37 Å². The van der Waals surface area contributed by atoms with E-state index in [1.54, 1.807) is 6.20 Å². The van der Waals surface area contributed by atoms with E-state index in [-0.39, 0.29) is 22.6 Å². The van der Waals surface area contributed by atoms with E-state index in [0.717, 1.165) is 49.6 Å². The van der Waals surface area contributed by atoms with Crippen LogP contribution < -0.4 is 5.32 Å². The third kappa shape index (κ3) is 3.20. The lowest BCUT2D eigenvalue weighted by atomic mass is 9.46. The van der Waals surface area contributed by atoms with E-state index in [4.69, 9.17) is 4.42 Å². The summed E-state index contributed by atoms with van der Waals surface area (Å²) < 4.78 is 19.4. The van der Waals surface area contributed by atoms with Crippen LogP contribution in [0.3, 0.4) is 0 Å². The average molecular weight is 433 g/mol. The van der Waals surface area contributed by atoms with Crippen LogP contribution >= 0.6 is 0 Å². The lowest BCUT2D eigenvalue weighted by Crippen LogP contribution is -2.64. The molecule has 0 radical (unpaired) electrons. The van der Waals surface area contributed by atoms with E-state index in [1.165, 1.54) is 18.6 Å². The van der Waals surface area contributed by atoms with E-state index < -0.39 is 5.82 Å². The monoisotopic (exact) mass is 433 g/mol. The first-order chi connectivity index (χ1) is 15.4. The van der Waals surface area contributed by atoms with Crippen molar-refractivity contribution in [2.75, 3.05) is 0 Å². The molecule has 0 spiro atoms. The van der Waals surface area contributed by atoms with Crippen LogP contribution in [0.25, 0.3) is 11.5 Å². The number of hydrogen-bond acceptors (Lipinski definition) is 6. The van der Waals surface area contributed by atoms with E-state index in [2.05, 4.69) is 25.5 Å². The molecule has 3 heterocycles. The van der Waals surface area contributed by atoms with Crippen molar-refractivity contribution in [1.82, 2.24) is 25.5 Å². The van der Waals surface area contributed by atoms with Crippen LogP contribution in [0.1, 0.15) is 60.6 Å². The maximum absolute atomic E-state index is 13.2. The van der Waals surface area contributed by atoms with Gasteiger partial charge in [-0.15, -0.1) is 10.2 Å². The molecule has 1 amide bonds. The molecule has 4 fully saturated rings.